The van der Waals surface area contributed by atoms with Gasteiger partial charge in [0.25, 0.3) is 0 Å². The highest BCUT2D eigenvalue weighted by atomic mass is 35.5. The number of hydrogen-bond donors (Lipinski definition) is 2. The van der Waals surface area contributed by atoms with Crippen molar-refractivity contribution in [3.63, 3.8) is 0 Å². The van der Waals surface area contributed by atoms with E-state index in [4.69, 9.17) is 0 Å². The normalized spacial score (nSPS) is 17.9. The highest BCUT2D eigenvalue weighted by molar-refractivity contribution is 7.92. The Morgan fingerprint density at radius 3 is 2.46 bits per heavy atom. The van der Waals surface area contributed by atoms with Crippen molar-refractivity contribution in [2.75, 3.05) is 30.1 Å². The summed E-state index contributed by atoms with van der Waals surface area (Å²) >= 11 is 0. The van der Waals surface area contributed by atoms with Crippen LogP contribution in [0.4, 0.5) is 10.1 Å². The molecule has 1 atom stereocenters. The summed E-state index contributed by atoms with van der Waals surface area (Å²) in [5, 5.41) is 3.13. The van der Waals surface area contributed by atoms with Gasteiger partial charge in [0.15, 0.2) is 0 Å². The van der Waals surface area contributed by atoms with E-state index in [1.54, 1.807) is 0 Å². The molecule has 11 heteroatoms. The predicted molar refractivity (Wildman–Crippen MR) is 102 cm³/mol. The first-order chi connectivity index (χ1) is 11.7. The molecule has 0 bridgehead atoms. The molecule has 0 saturated carbocycles. The van der Waals surface area contributed by atoms with Gasteiger partial charge in [-0.3, -0.25) is 4.72 Å². The second-order valence-corrected chi connectivity index (χ2v) is 9.81. The molecule has 0 amide bonds. The van der Waals surface area contributed by atoms with Crippen molar-refractivity contribution in [2.45, 2.75) is 37.6 Å². The van der Waals surface area contributed by atoms with Crippen LogP contribution in [-0.2, 0) is 20.0 Å². The molecule has 1 aromatic carbocycles. The second-order valence-electron chi connectivity index (χ2n) is 5.91. The van der Waals surface area contributed by atoms with Crippen LogP contribution < -0.4 is 10.0 Å². The molecule has 1 heterocycles. The molecule has 1 unspecified atom stereocenters. The first kappa shape index (κ1) is 23.1. The SMILES string of the molecule is CCCN(C1CCNC1)S(=O)(=O)c1ccc(NS(=O)(=O)CC)c(F)c1.Cl. The molecular weight excluding hydrogens is 405 g/mol. The second kappa shape index (κ2) is 9.32. The summed E-state index contributed by atoms with van der Waals surface area (Å²) < 4.78 is 66.7. The average Bonchev–Trinajstić information content (AvgIpc) is 3.08. The minimum absolute atomic E-state index is 0. The van der Waals surface area contributed by atoms with E-state index in [9.17, 15) is 21.2 Å². The van der Waals surface area contributed by atoms with Crippen LogP contribution in [0, 0.1) is 5.82 Å². The van der Waals surface area contributed by atoms with Crippen molar-refractivity contribution in [3.05, 3.63) is 24.0 Å². The van der Waals surface area contributed by atoms with E-state index < -0.39 is 25.9 Å². The quantitative estimate of drug-likeness (QED) is 0.656. The molecule has 26 heavy (non-hydrogen) atoms. The van der Waals surface area contributed by atoms with E-state index in [1.165, 1.54) is 17.3 Å². The van der Waals surface area contributed by atoms with E-state index in [0.717, 1.165) is 18.7 Å². The van der Waals surface area contributed by atoms with Gasteiger partial charge in [-0.2, -0.15) is 4.31 Å². The van der Waals surface area contributed by atoms with Crippen molar-refractivity contribution in [1.82, 2.24) is 9.62 Å². The standard InChI is InChI=1S/C15H24FN3O4S2.ClH/c1-3-9-19(12-7-8-17-11-12)25(22,23)13-5-6-15(14(16)10-13)18-24(20,21)4-2;/h5-6,10,12,17-18H,3-4,7-9,11H2,1-2H3;1H. The van der Waals surface area contributed by atoms with Crippen molar-refractivity contribution < 1.29 is 21.2 Å². The maximum atomic E-state index is 14.3. The van der Waals surface area contributed by atoms with Crippen LogP contribution in [-0.4, -0.2) is 52.6 Å². The Labute approximate surface area is 160 Å². The molecule has 2 rings (SSSR count). The number of hydrogen-bond acceptors (Lipinski definition) is 5. The molecule has 7 nitrogen and oxygen atoms in total. The van der Waals surface area contributed by atoms with Crippen LogP contribution in [0.15, 0.2) is 23.1 Å². The van der Waals surface area contributed by atoms with Crippen LogP contribution in [0.2, 0.25) is 0 Å². The number of nitrogens with one attached hydrogen (secondary N) is 2. The lowest BCUT2D eigenvalue weighted by Crippen LogP contribution is -2.42. The van der Waals surface area contributed by atoms with Gasteiger partial charge in [0.1, 0.15) is 5.82 Å². The topological polar surface area (TPSA) is 95.6 Å². The van der Waals surface area contributed by atoms with E-state index in [-0.39, 0.29) is 34.8 Å². The number of benzene rings is 1. The zero-order valence-corrected chi connectivity index (χ0v) is 17.2. The van der Waals surface area contributed by atoms with Crippen LogP contribution in [0.25, 0.3) is 0 Å². The van der Waals surface area contributed by atoms with Gasteiger partial charge in [0.2, 0.25) is 20.0 Å². The number of halogens is 2. The van der Waals surface area contributed by atoms with Crippen LogP contribution in [0.3, 0.4) is 0 Å². The lowest BCUT2D eigenvalue weighted by Gasteiger charge is -2.27. The van der Waals surface area contributed by atoms with Crippen LogP contribution >= 0.6 is 12.4 Å². The fourth-order valence-electron chi connectivity index (χ4n) is 2.72. The van der Waals surface area contributed by atoms with Gasteiger partial charge in [-0.05, 0) is 44.5 Å². The molecule has 2 N–H and O–H groups in total. The first-order valence-corrected chi connectivity index (χ1v) is 11.3. The minimum Gasteiger partial charge on any atom is -0.315 e. The Balaban J connectivity index is 0.00000338. The molecular formula is C15H25ClFN3O4S2. The van der Waals surface area contributed by atoms with Crippen LogP contribution in [0.5, 0.6) is 0 Å². The van der Waals surface area contributed by atoms with Gasteiger partial charge in [-0.15, -0.1) is 12.4 Å². The van der Waals surface area contributed by atoms with Gasteiger partial charge in [-0.1, -0.05) is 6.92 Å². The number of rotatable bonds is 8. The molecule has 0 spiro atoms. The van der Waals surface area contributed by atoms with Crippen molar-refractivity contribution in [3.8, 4) is 0 Å². The van der Waals surface area contributed by atoms with Crippen molar-refractivity contribution in [2.24, 2.45) is 0 Å². The van der Waals surface area contributed by atoms with E-state index in [0.29, 0.717) is 25.9 Å². The predicted octanol–water partition coefficient (Wildman–Crippen LogP) is 1.77. The molecule has 1 aliphatic rings. The zero-order valence-electron chi connectivity index (χ0n) is 14.7. The molecule has 150 valence electrons. The van der Waals surface area contributed by atoms with Crippen LogP contribution in [0.1, 0.15) is 26.7 Å². The van der Waals surface area contributed by atoms with E-state index in [1.807, 2.05) is 6.92 Å². The summed E-state index contributed by atoms with van der Waals surface area (Å²) in [5.41, 5.74) is -0.259. The largest absolute Gasteiger partial charge is 0.315 e. The monoisotopic (exact) mass is 429 g/mol. The highest BCUT2D eigenvalue weighted by Crippen LogP contribution is 2.25. The summed E-state index contributed by atoms with van der Waals surface area (Å²) in [4.78, 5) is -0.176. The third-order valence-corrected chi connectivity index (χ3v) is 7.32. The van der Waals surface area contributed by atoms with E-state index in [2.05, 4.69) is 10.0 Å². The summed E-state index contributed by atoms with van der Waals surface area (Å²) in [6.07, 6.45) is 1.35. The maximum absolute atomic E-state index is 14.3. The molecule has 1 aromatic rings. The van der Waals surface area contributed by atoms with Gasteiger partial charge < -0.3 is 5.32 Å². The first-order valence-electron chi connectivity index (χ1n) is 8.24. The van der Waals surface area contributed by atoms with Gasteiger partial charge in [0.05, 0.1) is 16.3 Å². The smallest absolute Gasteiger partial charge is 0.243 e. The summed E-state index contributed by atoms with van der Waals surface area (Å²) in [7, 11) is -7.50. The number of anilines is 1. The molecule has 0 aromatic heterocycles. The van der Waals surface area contributed by atoms with Gasteiger partial charge >= 0.3 is 0 Å². The maximum Gasteiger partial charge on any atom is 0.243 e. The number of nitrogens with zero attached hydrogens (tertiary/aromatic N) is 1. The highest BCUT2D eigenvalue weighted by Gasteiger charge is 2.33. The molecule has 0 aliphatic carbocycles. The average molecular weight is 430 g/mol. The Kier molecular flexibility index (Phi) is 8.28. The van der Waals surface area contributed by atoms with Gasteiger partial charge in [-0.25, -0.2) is 21.2 Å². The van der Waals surface area contributed by atoms with E-state index >= 15 is 0 Å². The Bertz CT molecular complexity index is 812. The fraction of sp³-hybridized carbons (Fsp3) is 0.600. The Hall–Kier alpha value is -0.940. The Morgan fingerprint density at radius 2 is 1.96 bits per heavy atom. The molecule has 1 fully saturated rings. The minimum atomic E-state index is -3.86. The summed E-state index contributed by atoms with van der Waals surface area (Å²) in [5.74, 6) is -1.12. The van der Waals surface area contributed by atoms with Crippen molar-refractivity contribution in [1.29, 1.82) is 0 Å². The third-order valence-electron chi connectivity index (χ3n) is 4.08. The molecule has 0 radical (unpaired) electrons. The fourth-order valence-corrected chi connectivity index (χ4v) is 5.12. The number of sulfonamides is 2. The van der Waals surface area contributed by atoms with Crippen molar-refractivity contribution >= 4 is 38.1 Å². The molecule has 1 aliphatic heterocycles. The summed E-state index contributed by atoms with van der Waals surface area (Å²) in [6.45, 7) is 4.97. The summed E-state index contributed by atoms with van der Waals surface area (Å²) in [6, 6.07) is 3.09. The molecule has 1 saturated heterocycles. The third kappa shape index (κ3) is 5.29. The zero-order chi connectivity index (χ0) is 18.7. The van der Waals surface area contributed by atoms with Gasteiger partial charge in [0, 0.05) is 19.1 Å². The lowest BCUT2D eigenvalue weighted by molar-refractivity contribution is 0.335. The lowest BCUT2D eigenvalue weighted by atomic mass is 10.2. The Morgan fingerprint density at radius 1 is 1.27 bits per heavy atom.